The fourth-order valence-electron chi connectivity index (χ4n) is 3.83. The highest BCUT2D eigenvalue weighted by atomic mass is 16.5. The number of nitrogens with zero attached hydrogens (tertiary/aromatic N) is 1. The summed E-state index contributed by atoms with van der Waals surface area (Å²) < 4.78 is 5.80. The summed E-state index contributed by atoms with van der Waals surface area (Å²) in [5, 5.41) is 0. The Morgan fingerprint density at radius 2 is 2.15 bits per heavy atom. The summed E-state index contributed by atoms with van der Waals surface area (Å²) in [5.41, 5.74) is 7.42. The number of rotatable bonds is 3. The van der Waals surface area contributed by atoms with Gasteiger partial charge < -0.3 is 10.5 Å². The Balaban J connectivity index is 1.82. The number of benzene rings is 1. The Hall–Kier alpha value is -1.06. The van der Waals surface area contributed by atoms with Crippen molar-refractivity contribution in [2.45, 2.75) is 44.7 Å². The fourth-order valence-corrected chi connectivity index (χ4v) is 3.83. The van der Waals surface area contributed by atoms with Crippen molar-refractivity contribution in [3.63, 3.8) is 0 Å². The van der Waals surface area contributed by atoms with Gasteiger partial charge in [0.1, 0.15) is 5.75 Å². The van der Waals surface area contributed by atoms with Crippen molar-refractivity contribution in [3.8, 4) is 5.75 Å². The lowest BCUT2D eigenvalue weighted by Crippen LogP contribution is -2.49. The molecule has 0 radical (unpaired) electrons. The number of hydrogen-bond acceptors (Lipinski definition) is 3. The van der Waals surface area contributed by atoms with Crippen LogP contribution in [0.5, 0.6) is 5.75 Å². The first-order chi connectivity index (χ1) is 9.83. The molecule has 110 valence electrons. The number of para-hydroxylation sites is 1. The van der Waals surface area contributed by atoms with E-state index in [0.717, 1.165) is 31.2 Å². The van der Waals surface area contributed by atoms with Crippen LogP contribution in [0, 0.1) is 5.92 Å². The van der Waals surface area contributed by atoms with Gasteiger partial charge in [0, 0.05) is 30.6 Å². The first kappa shape index (κ1) is 13.9. The predicted molar refractivity (Wildman–Crippen MR) is 81.9 cm³/mol. The maximum absolute atomic E-state index is 6.06. The molecule has 0 spiro atoms. The molecule has 1 aromatic carbocycles. The highest BCUT2D eigenvalue weighted by molar-refractivity contribution is 5.37. The molecule has 1 saturated heterocycles. The maximum Gasteiger partial charge on any atom is 0.124 e. The Morgan fingerprint density at radius 1 is 1.30 bits per heavy atom. The van der Waals surface area contributed by atoms with Gasteiger partial charge in [-0.3, -0.25) is 4.90 Å². The van der Waals surface area contributed by atoms with Crippen LogP contribution in [-0.4, -0.2) is 30.6 Å². The molecule has 0 aliphatic carbocycles. The molecule has 2 N–H and O–H groups in total. The van der Waals surface area contributed by atoms with E-state index in [9.17, 15) is 0 Å². The summed E-state index contributed by atoms with van der Waals surface area (Å²) in [5.74, 6) is 1.92. The Kier molecular flexibility index (Phi) is 4.27. The van der Waals surface area contributed by atoms with E-state index in [1.54, 1.807) is 0 Å². The first-order valence-corrected chi connectivity index (χ1v) is 8.01. The normalized spacial score (nSPS) is 30.6. The summed E-state index contributed by atoms with van der Waals surface area (Å²) >= 11 is 0. The average molecular weight is 274 g/mol. The monoisotopic (exact) mass is 274 g/mol. The molecular formula is C17H26N2O. The Labute approximate surface area is 122 Å². The first-order valence-electron chi connectivity index (χ1n) is 8.01. The van der Waals surface area contributed by atoms with Crippen LogP contribution in [0.2, 0.25) is 0 Å². The van der Waals surface area contributed by atoms with Gasteiger partial charge >= 0.3 is 0 Å². The predicted octanol–water partition coefficient (Wildman–Crippen LogP) is 2.96. The molecule has 2 aliphatic rings. The van der Waals surface area contributed by atoms with Crippen molar-refractivity contribution >= 4 is 0 Å². The summed E-state index contributed by atoms with van der Waals surface area (Å²) in [6.07, 6.45) is 4.94. The van der Waals surface area contributed by atoms with E-state index in [1.165, 1.54) is 31.4 Å². The molecule has 1 aromatic rings. The van der Waals surface area contributed by atoms with E-state index >= 15 is 0 Å². The van der Waals surface area contributed by atoms with Crippen LogP contribution in [0.4, 0.5) is 0 Å². The van der Waals surface area contributed by atoms with Gasteiger partial charge in [-0.15, -0.1) is 0 Å². The highest BCUT2D eigenvalue weighted by Crippen LogP contribution is 2.39. The molecular weight excluding hydrogens is 248 g/mol. The molecule has 3 atom stereocenters. The zero-order chi connectivity index (χ0) is 13.9. The Bertz CT molecular complexity index is 448. The highest BCUT2D eigenvalue weighted by Gasteiger charge is 2.34. The van der Waals surface area contributed by atoms with Gasteiger partial charge in [-0.1, -0.05) is 31.5 Å². The van der Waals surface area contributed by atoms with Gasteiger partial charge in [0.2, 0.25) is 0 Å². The molecule has 3 nitrogen and oxygen atoms in total. The van der Waals surface area contributed by atoms with E-state index in [4.69, 9.17) is 10.5 Å². The maximum atomic E-state index is 6.06. The third-order valence-electron chi connectivity index (χ3n) is 5.05. The second-order valence-electron chi connectivity index (χ2n) is 6.12. The SMILES string of the molecule is CCC1CCN(C2CCOc3ccccc32)C(CN)C1. The number of hydrogen-bond donors (Lipinski definition) is 1. The lowest BCUT2D eigenvalue weighted by atomic mass is 9.86. The zero-order valence-corrected chi connectivity index (χ0v) is 12.4. The van der Waals surface area contributed by atoms with Crippen LogP contribution in [0.25, 0.3) is 0 Å². The molecule has 2 aliphatic heterocycles. The molecule has 0 amide bonds. The van der Waals surface area contributed by atoms with Crippen LogP contribution in [0.3, 0.4) is 0 Å². The smallest absolute Gasteiger partial charge is 0.124 e. The summed E-state index contributed by atoms with van der Waals surface area (Å²) in [4.78, 5) is 2.65. The van der Waals surface area contributed by atoms with Gasteiger partial charge in [-0.2, -0.15) is 0 Å². The van der Waals surface area contributed by atoms with Gasteiger partial charge in [-0.05, 0) is 31.4 Å². The topological polar surface area (TPSA) is 38.5 Å². The van der Waals surface area contributed by atoms with E-state index < -0.39 is 0 Å². The van der Waals surface area contributed by atoms with Gasteiger partial charge in [0.15, 0.2) is 0 Å². The van der Waals surface area contributed by atoms with Gasteiger partial charge in [-0.25, -0.2) is 0 Å². The van der Waals surface area contributed by atoms with Crippen molar-refractivity contribution in [2.24, 2.45) is 11.7 Å². The standard InChI is InChI=1S/C17H26N2O/c1-2-13-7-9-19(14(11-13)12-18)16-8-10-20-17-6-4-3-5-15(16)17/h3-6,13-14,16H,2,7-12,18H2,1H3. The van der Waals surface area contributed by atoms with E-state index in [1.807, 2.05) is 0 Å². The summed E-state index contributed by atoms with van der Waals surface area (Å²) in [6, 6.07) is 9.52. The minimum atomic E-state index is 0.492. The largest absolute Gasteiger partial charge is 0.493 e. The van der Waals surface area contributed by atoms with E-state index in [2.05, 4.69) is 36.1 Å². The third kappa shape index (κ3) is 2.57. The van der Waals surface area contributed by atoms with Crippen LogP contribution in [-0.2, 0) is 0 Å². The van der Waals surface area contributed by atoms with Crippen LogP contribution in [0.1, 0.15) is 44.2 Å². The van der Waals surface area contributed by atoms with Crippen LogP contribution in [0.15, 0.2) is 24.3 Å². The van der Waals surface area contributed by atoms with Crippen LogP contribution >= 0.6 is 0 Å². The second-order valence-corrected chi connectivity index (χ2v) is 6.12. The molecule has 1 fully saturated rings. The molecule has 3 heteroatoms. The third-order valence-corrected chi connectivity index (χ3v) is 5.05. The van der Waals surface area contributed by atoms with Gasteiger partial charge in [0.25, 0.3) is 0 Å². The average Bonchev–Trinajstić information content (AvgIpc) is 2.53. The van der Waals surface area contributed by atoms with E-state index in [-0.39, 0.29) is 0 Å². The summed E-state index contributed by atoms with van der Waals surface area (Å²) in [6.45, 7) is 5.08. The van der Waals surface area contributed by atoms with Crippen molar-refractivity contribution < 1.29 is 4.74 Å². The molecule has 0 saturated carbocycles. The number of nitrogens with two attached hydrogens (primary N) is 1. The molecule has 2 heterocycles. The number of likely N-dealkylation sites (tertiary alicyclic amines) is 1. The Morgan fingerprint density at radius 3 is 2.95 bits per heavy atom. The minimum Gasteiger partial charge on any atom is -0.493 e. The lowest BCUT2D eigenvalue weighted by Gasteiger charge is -2.45. The molecule has 20 heavy (non-hydrogen) atoms. The lowest BCUT2D eigenvalue weighted by molar-refractivity contribution is 0.0491. The summed E-state index contributed by atoms with van der Waals surface area (Å²) in [7, 11) is 0. The molecule has 0 aromatic heterocycles. The quantitative estimate of drug-likeness (QED) is 0.921. The van der Waals surface area contributed by atoms with Gasteiger partial charge in [0.05, 0.1) is 6.61 Å². The van der Waals surface area contributed by atoms with Crippen LogP contribution < -0.4 is 10.5 Å². The minimum absolute atomic E-state index is 0.492. The second kappa shape index (κ2) is 6.15. The van der Waals surface area contributed by atoms with E-state index in [0.29, 0.717) is 12.1 Å². The zero-order valence-electron chi connectivity index (χ0n) is 12.4. The number of ether oxygens (including phenoxy) is 1. The molecule has 3 rings (SSSR count). The van der Waals surface area contributed by atoms with Crippen molar-refractivity contribution in [2.75, 3.05) is 19.7 Å². The number of fused-ring (bicyclic) bond motifs is 1. The number of piperidine rings is 1. The van der Waals surface area contributed by atoms with Crippen molar-refractivity contribution in [1.82, 2.24) is 4.90 Å². The molecule has 0 bridgehead atoms. The molecule has 3 unspecified atom stereocenters. The fraction of sp³-hybridized carbons (Fsp3) is 0.647. The van der Waals surface area contributed by atoms with Crippen molar-refractivity contribution in [3.05, 3.63) is 29.8 Å². The van der Waals surface area contributed by atoms with Crippen molar-refractivity contribution in [1.29, 1.82) is 0 Å².